The summed E-state index contributed by atoms with van der Waals surface area (Å²) in [6.07, 6.45) is 6.78. The van der Waals surface area contributed by atoms with E-state index >= 15 is 0 Å². The van der Waals surface area contributed by atoms with Crippen LogP contribution in [0.2, 0.25) is 0 Å². The summed E-state index contributed by atoms with van der Waals surface area (Å²) in [4.78, 5) is 29.8. The van der Waals surface area contributed by atoms with Crippen molar-refractivity contribution in [2.24, 2.45) is 0 Å². The maximum Gasteiger partial charge on any atom is 0.270 e. The Kier molecular flexibility index (Phi) is 5.72. The highest BCUT2D eigenvalue weighted by molar-refractivity contribution is 7.98. The number of nitro groups is 1. The van der Waals surface area contributed by atoms with Crippen molar-refractivity contribution in [2.45, 2.75) is 24.3 Å². The number of carbonyl (C=O) groups excluding carboxylic acids is 1. The van der Waals surface area contributed by atoms with Gasteiger partial charge in [0.05, 0.1) is 33.1 Å². The lowest BCUT2D eigenvalue weighted by Gasteiger charge is -2.30. The molecule has 0 saturated carbocycles. The Hall–Kier alpha value is -2.61. The van der Waals surface area contributed by atoms with Crippen molar-refractivity contribution in [1.29, 1.82) is 0 Å². The summed E-state index contributed by atoms with van der Waals surface area (Å²) >= 11 is 1.51. The first-order valence-corrected chi connectivity index (χ1v) is 9.66. The minimum Gasteiger partial charge on any atom is -0.371 e. The van der Waals surface area contributed by atoms with Gasteiger partial charge in [-0.25, -0.2) is 4.98 Å². The zero-order valence-corrected chi connectivity index (χ0v) is 15.3. The molecule has 0 radical (unpaired) electrons. The fraction of sp³-hybridized carbons (Fsp3) is 0.333. The van der Waals surface area contributed by atoms with Crippen LogP contribution in [0.3, 0.4) is 0 Å². The first-order valence-electron chi connectivity index (χ1n) is 8.43. The highest BCUT2D eigenvalue weighted by atomic mass is 32.2. The predicted molar refractivity (Wildman–Crippen MR) is 103 cm³/mol. The molecule has 1 amide bonds. The zero-order valence-electron chi connectivity index (χ0n) is 14.5. The van der Waals surface area contributed by atoms with Gasteiger partial charge in [-0.2, -0.15) is 0 Å². The topological polar surface area (TPSA) is 88.4 Å². The van der Waals surface area contributed by atoms with E-state index in [2.05, 4.69) is 15.2 Å². The molecule has 0 unspecified atom stereocenters. The lowest BCUT2D eigenvalue weighted by Crippen LogP contribution is -2.31. The van der Waals surface area contributed by atoms with E-state index in [1.165, 1.54) is 30.3 Å². The minimum absolute atomic E-state index is 0.0910. The number of hydrogen-bond donors (Lipinski definition) is 1. The quantitative estimate of drug-likeness (QED) is 0.486. The number of hydrogen-bond acceptors (Lipinski definition) is 6. The summed E-state index contributed by atoms with van der Waals surface area (Å²) in [5, 5.41) is 14.8. The smallest absolute Gasteiger partial charge is 0.270 e. The average Bonchev–Trinajstić information content (AvgIpc) is 2.68. The van der Waals surface area contributed by atoms with Crippen molar-refractivity contribution < 1.29 is 9.72 Å². The van der Waals surface area contributed by atoms with Crippen molar-refractivity contribution in [3.05, 3.63) is 52.2 Å². The van der Waals surface area contributed by atoms with Crippen LogP contribution in [0.25, 0.3) is 0 Å². The lowest BCUT2D eigenvalue weighted by molar-refractivity contribution is -0.384. The second-order valence-corrected chi connectivity index (χ2v) is 6.88. The third-order valence-electron chi connectivity index (χ3n) is 4.34. The Balaban J connectivity index is 1.90. The van der Waals surface area contributed by atoms with Crippen LogP contribution >= 0.6 is 11.8 Å². The predicted octanol–water partition coefficient (Wildman–Crippen LogP) is 3.95. The first kappa shape index (κ1) is 18.2. The van der Waals surface area contributed by atoms with Gasteiger partial charge in [0, 0.05) is 25.2 Å². The van der Waals surface area contributed by atoms with Gasteiger partial charge in [0.15, 0.2) is 0 Å². The number of aromatic nitrogens is 1. The fourth-order valence-electron chi connectivity index (χ4n) is 3.00. The Morgan fingerprint density at radius 1 is 1.23 bits per heavy atom. The second-order valence-electron chi connectivity index (χ2n) is 6.05. The van der Waals surface area contributed by atoms with Gasteiger partial charge in [0.2, 0.25) is 0 Å². The van der Waals surface area contributed by atoms with Crippen LogP contribution in [0.5, 0.6) is 0 Å². The van der Waals surface area contributed by atoms with E-state index in [9.17, 15) is 14.9 Å². The van der Waals surface area contributed by atoms with Crippen LogP contribution in [0.4, 0.5) is 17.1 Å². The summed E-state index contributed by atoms with van der Waals surface area (Å²) in [6, 6.07) is 8.07. The zero-order chi connectivity index (χ0) is 18.5. The number of thioether (sulfide) groups is 1. The molecule has 1 aromatic carbocycles. The van der Waals surface area contributed by atoms with Crippen LogP contribution in [0.15, 0.2) is 41.6 Å². The Labute approximate surface area is 156 Å². The number of non-ortho nitro benzene ring substituents is 1. The molecule has 1 fully saturated rings. The molecular weight excluding hydrogens is 352 g/mol. The number of nitro benzene ring substituents is 1. The molecular formula is C18H20N4O3S. The van der Waals surface area contributed by atoms with Gasteiger partial charge in [-0.3, -0.25) is 14.9 Å². The summed E-state index contributed by atoms with van der Waals surface area (Å²) in [5.74, 6) is -0.368. The Morgan fingerprint density at radius 3 is 2.62 bits per heavy atom. The second kappa shape index (κ2) is 8.18. The summed E-state index contributed by atoms with van der Waals surface area (Å²) in [6.45, 7) is 1.70. The van der Waals surface area contributed by atoms with Crippen molar-refractivity contribution in [3.8, 4) is 0 Å². The first-order chi connectivity index (χ1) is 12.6. The molecule has 1 aliphatic rings. The summed E-state index contributed by atoms with van der Waals surface area (Å²) in [5.41, 5.74) is 1.52. The number of nitrogens with zero attached hydrogens (tertiary/aromatic N) is 3. The molecule has 2 heterocycles. The molecule has 26 heavy (non-hydrogen) atoms. The number of piperidine rings is 1. The number of nitrogens with one attached hydrogen (secondary N) is 1. The monoisotopic (exact) mass is 372 g/mol. The van der Waals surface area contributed by atoms with Crippen LogP contribution in [-0.4, -0.2) is 35.2 Å². The molecule has 8 heteroatoms. The van der Waals surface area contributed by atoms with Crippen molar-refractivity contribution in [2.75, 3.05) is 29.6 Å². The van der Waals surface area contributed by atoms with E-state index < -0.39 is 4.92 Å². The van der Waals surface area contributed by atoms with Crippen LogP contribution in [-0.2, 0) is 0 Å². The standard InChI is InChI=1S/C18H20N4O3S/c1-26-17-8-5-13(12-19-17)20-18(23)15-11-14(22(24)25)6-7-16(15)21-9-3-2-4-10-21/h5-8,11-12H,2-4,9-10H2,1H3,(H,20,23). The molecule has 0 bridgehead atoms. The van der Waals surface area contributed by atoms with E-state index in [0.717, 1.165) is 36.6 Å². The fourth-order valence-corrected chi connectivity index (χ4v) is 3.37. The molecule has 0 spiro atoms. The Bertz CT molecular complexity index is 805. The number of rotatable bonds is 5. The third-order valence-corrected chi connectivity index (χ3v) is 5.00. The largest absolute Gasteiger partial charge is 0.371 e. The number of benzene rings is 1. The SMILES string of the molecule is CSc1ccc(NC(=O)c2cc([N+](=O)[O-])ccc2N2CCCCC2)cn1. The number of anilines is 2. The van der Waals surface area contributed by atoms with Gasteiger partial charge in [-0.05, 0) is 43.7 Å². The molecule has 0 atom stereocenters. The van der Waals surface area contributed by atoms with Crippen molar-refractivity contribution >= 4 is 34.7 Å². The van der Waals surface area contributed by atoms with Gasteiger partial charge in [-0.15, -0.1) is 11.8 Å². The lowest BCUT2D eigenvalue weighted by atomic mass is 10.1. The van der Waals surface area contributed by atoms with Crippen LogP contribution in [0, 0.1) is 10.1 Å². The number of carbonyl (C=O) groups is 1. The van der Waals surface area contributed by atoms with Gasteiger partial charge in [0.1, 0.15) is 0 Å². The average molecular weight is 372 g/mol. The molecule has 0 aliphatic carbocycles. The van der Waals surface area contributed by atoms with E-state index in [-0.39, 0.29) is 11.6 Å². The molecule has 1 N–H and O–H groups in total. The van der Waals surface area contributed by atoms with Crippen molar-refractivity contribution in [3.63, 3.8) is 0 Å². The van der Waals surface area contributed by atoms with E-state index in [1.54, 1.807) is 18.3 Å². The van der Waals surface area contributed by atoms with Gasteiger partial charge in [0.25, 0.3) is 11.6 Å². The molecule has 136 valence electrons. The van der Waals surface area contributed by atoms with E-state index in [4.69, 9.17) is 0 Å². The number of pyridine rings is 1. The number of amides is 1. The molecule has 1 saturated heterocycles. The highest BCUT2D eigenvalue weighted by Crippen LogP contribution is 2.29. The van der Waals surface area contributed by atoms with Crippen LogP contribution < -0.4 is 10.2 Å². The highest BCUT2D eigenvalue weighted by Gasteiger charge is 2.22. The maximum absolute atomic E-state index is 12.8. The van der Waals surface area contributed by atoms with Crippen LogP contribution in [0.1, 0.15) is 29.6 Å². The Morgan fingerprint density at radius 2 is 2.00 bits per heavy atom. The van der Waals surface area contributed by atoms with E-state index in [1.807, 2.05) is 12.3 Å². The van der Waals surface area contributed by atoms with Crippen molar-refractivity contribution in [1.82, 2.24) is 4.98 Å². The normalized spacial score (nSPS) is 14.1. The molecule has 2 aromatic rings. The summed E-state index contributed by atoms with van der Waals surface area (Å²) in [7, 11) is 0. The van der Waals surface area contributed by atoms with Gasteiger partial charge < -0.3 is 10.2 Å². The molecule has 3 rings (SSSR count). The van der Waals surface area contributed by atoms with Gasteiger partial charge >= 0.3 is 0 Å². The van der Waals surface area contributed by atoms with E-state index in [0.29, 0.717) is 11.3 Å². The summed E-state index contributed by atoms with van der Waals surface area (Å²) < 4.78 is 0. The third kappa shape index (κ3) is 4.13. The maximum atomic E-state index is 12.8. The molecule has 1 aliphatic heterocycles. The molecule has 7 nitrogen and oxygen atoms in total. The molecule has 1 aromatic heterocycles. The minimum atomic E-state index is -0.481. The van der Waals surface area contributed by atoms with Gasteiger partial charge in [-0.1, -0.05) is 0 Å².